The highest BCUT2D eigenvalue weighted by Gasteiger charge is 2.11. The van der Waals surface area contributed by atoms with E-state index in [1.807, 2.05) is 0 Å². The Balaban J connectivity index is 2.12. The molecule has 0 unspecified atom stereocenters. The van der Waals surface area contributed by atoms with Gasteiger partial charge in [-0.3, -0.25) is 14.9 Å². The van der Waals surface area contributed by atoms with Crippen LogP contribution in [-0.4, -0.2) is 17.4 Å². The van der Waals surface area contributed by atoms with Gasteiger partial charge in [0.1, 0.15) is 0 Å². The lowest BCUT2D eigenvalue weighted by atomic mass is 10.3. The minimum Gasteiger partial charge on any atom is -0.321 e. The highest BCUT2D eigenvalue weighted by Crippen LogP contribution is 2.20. The van der Waals surface area contributed by atoms with Crippen molar-refractivity contribution >= 4 is 28.6 Å². The Kier molecular flexibility index (Phi) is 4.66. The molecule has 0 fully saturated rings. The molecule has 6 nitrogen and oxygen atoms in total. The third kappa shape index (κ3) is 3.89. The Bertz CT molecular complexity index is 743. The van der Waals surface area contributed by atoms with Crippen LogP contribution in [0.5, 0.6) is 0 Å². The molecular weight excluding hydrogens is 290 g/mol. The Labute approximate surface area is 124 Å². The first kappa shape index (κ1) is 14.7. The molecule has 2 aromatic rings. The summed E-state index contributed by atoms with van der Waals surface area (Å²) >= 11 is 1.24. The Morgan fingerprint density at radius 2 is 2.19 bits per heavy atom. The number of amides is 1. The average molecular weight is 301 g/mol. The number of nitrogens with one attached hydrogen (secondary N) is 1. The number of nitrogens with zero attached hydrogens (tertiary/aromatic N) is 1. The van der Waals surface area contributed by atoms with Gasteiger partial charge in [-0.15, -0.1) is 11.3 Å². The van der Waals surface area contributed by atoms with Gasteiger partial charge in [0.15, 0.2) is 0 Å². The number of thiophene rings is 1. The van der Waals surface area contributed by atoms with E-state index in [-0.39, 0.29) is 18.1 Å². The third-order valence-corrected chi connectivity index (χ3v) is 3.46. The van der Waals surface area contributed by atoms with Crippen LogP contribution >= 0.6 is 11.3 Å². The van der Waals surface area contributed by atoms with Crippen molar-refractivity contribution in [2.75, 3.05) is 11.9 Å². The number of nitro benzene ring substituents is 1. The molecule has 1 aromatic heterocycles. The van der Waals surface area contributed by atoms with Gasteiger partial charge in [0.2, 0.25) is 0 Å². The van der Waals surface area contributed by atoms with Crippen LogP contribution in [-0.2, 0) is 0 Å². The molecule has 2 rings (SSSR count). The summed E-state index contributed by atoms with van der Waals surface area (Å²) in [5.74, 6) is 5.22. The molecular formula is C14H11N3O3S. The molecule has 0 spiro atoms. The maximum Gasteiger partial charge on any atom is 0.271 e. The van der Waals surface area contributed by atoms with E-state index in [4.69, 9.17) is 5.73 Å². The second-order valence-corrected chi connectivity index (χ2v) is 5.02. The fourth-order valence-electron chi connectivity index (χ4n) is 1.56. The Morgan fingerprint density at radius 3 is 2.90 bits per heavy atom. The third-order valence-electron chi connectivity index (χ3n) is 2.46. The summed E-state index contributed by atoms with van der Waals surface area (Å²) in [7, 11) is 0. The first-order chi connectivity index (χ1) is 10.1. The standard InChI is InChI=1S/C14H11N3O3S/c15-8-2-5-12-6-7-13(21-12)14(18)16-10-3-1-4-11(9-10)17(19)20/h1,3-4,6-7,9H,8,15H2,(H,16,18). The fourth-order valence-corrected chi connectivity index (χ4v) is 2.33. The maximum atomic E-state index is 12.0. The van der Waals surface area contributed by atoms with Gasteiger partial charge in [0, 0.05) is 17.8 Å². The molecule has 0 saturated heterocycles. The minimum atomic E-state index is -0.513. The summed E-state index contributed by atoms with van der Waals surface area (Å²) in [6, 6.07) is 9.16. The van der Waals surface area contributed by atoms with Gasteiger partial charge in [0.25, 0.3) is 11.6 Å². The largest absolute Gasteiger partial charge is 0.321 e. The number of benzene rings is 1. The molecule has 1 heterocycles. The number of hydrogen-bond donors (Lipinski definition) is 2. The topological polar surface area (TPSA) is 98.3 Å². The molecule has 1 aromatic carbocycles. The second-order valence-electron chi connectivity index (χ2n) is 3.93. The quantitative estimate of drug-likeness (QED) is 0.516. The molecule has 21 heavy (non-hydrogen) atoms. The van der Waals surface area contributed by atoms with Crippen molar-refractivity contribution in [3.63, 3.8) is 0 Å². The molecule has 3 N–H and O–H groups in total. The van der Waals surface area contributed by atoms with Crippen LogP contribution in [0.25, 0.3) is 0 Å². The summed E-state index contributed by atoms with van der Waals surface area (Å²) in [5.41, 5.74) is 5.58. The van der Waals surface area contributed by atoms with Crippen LogP contribution in [0.4, 0.5) is 11.4 Å². The zero-order chi connectivity index (χ0) is 15.2. The number of carbonyl (C=O) groups excluding carboxylic acids is 1. The monoisotopic (exact) mass is 301 g/mol. The zero-order valence-corrected chi connectivity index (χ0v) is 11.6. The smallest absolute Gasteiger partial charge is 0.271 e. The lowest BCUT2D eigenvalue weighted by Crippen LogP contribution is -2.10. The van der Waals surface area contributed by atoms with Crippen molar-refractivity contribution in [2.24, 2.45) is 5.73 Å². The van der Waals surface area contributed by atoms with Crippen LogP contribution in [0.2, 0.25) is 0 Å². The summed E-state index contributed by atoms with van der Waals surface area (Å²) in [6.07, 6.45) is 0. The van der Waals surface area contributed by atoms with Crippen LogP contribution in [0.1, 0.15) is 14.5 Å². The second kappa shape index (κ2) is 6.65. The molecule has 1 amide bonds. The number of hydrogen-bond acceptors (Lipinski definition) is 5. The number of non-ortho nitro benzene ring substituents is 1. The Morgan fingerprint density at radius 1 is 1.38 bits per heavy atom. The number of nitrogens with two attached hydrogens (primary N) is 1. The average Bonchev–Trinajstić information content (AvgIpc) is 2.94. The van der Waals surface area contributed by atoms with E-state index >= 15 is 0 Å². The number of nitro groups is 1. The van der Waals surface area contributed by atoms with Gasteiger partial charge >= 0.3 is 0 Å². The molecule has 106 valence electrons. The van der Waals surface area contributed by atoms with E-state index < -0.39 is 4.92 Å². The van der Waals surface area contributed by atoms with E-state index in [2.05, 4.69) is 17.2 Å². The van der Waals surface area contributed by atoms with Crippen molar-refractivity contribution in [1.29, 1.82) is 0 Å². The van der Waals surface area contributed by atoms with Gasteiger partial charge in [0.05, 0.1) is 21.2 Å². The Hall–Kier alpha value is -2.69. The van der Waals surface area contributed by atoms with Crippen LogP contribution < -0.4 is 11.1 Å². The van der Waals surface area contributed by atoms with Crippen molar-refractivity contribution in [1.82, 2.24) is 0 Å². The highest BCUT2D eigenvalue weighted by atomic mass is 32.1. The van der Waals surface area contributed by atoms with Crippen LogP contribution in [0.3, 0.4) is 0 Å². The van der Waals surface area contributed by atoms with Gasteiger partial charge in [-0.25, -0.2) is 0 Å². The SMILES string of the molecule is NCC#Cc1ccc(C(=O)Nc2cccc([N+](=O)[O-])c2)s1. The predicted molar refractivity (Wildman–Crippen MR) is 81.3 cm³/mol. The minimum absolute atomic E-state index is 0.0755. The molecule has 7 heteroatoms. The predicted octanol–water partition coefficient (Wildman–Crippen LogP) is 2.22. The van der Waals surface area contributed by atoms with Crippen molar-refractivity contribution in [2.45, 2.75) is 0 Å². The van der Waals surface area contributed by atoms with Crippen molar-refractivity contribution in [3.8, 4) is 11.8 Å². The molecule has 0 aliphatic carbocycles. The number of anilines is 1. The van der Waals surface area contributed by atoms with E-state index in [9.17, 15) is 14.9 Å². The van der Waals surface area contributed by atoms with Crippen molar-refractivity contribution in [3.05, 3.63) is 56.3 Å². The fraction of sp³-hybridized carbons (Fsp3) is 0.0714. The lowest BCUT2D eigenvalue weighted by molar-refractivity contribution is -0.384. The van der Waals surface area contributed by atoms with Gasteiger partial charge in [-0.05, 0) is 18.2 Å². The molecule has 0 atom stereocenters. The van der Waals surface area contributed by atoms with E-state index in [1.165, 1.54) is 29.5 Å². The molecule has 0 aliphatic rings. The van der Waals surface area contributed by atoms with E-state index in [0.29, 0.717) is 10.6 Å². The zero-order valence-electron chi connectivity index (χ0n) is 10.8. The number of rotatable bonds is 3. The summed E-state index contributed by atoms with van der Waals surface area (Å²) in [6.45, 7) is 0.257. The maximum absolute atomic E-state index is 12.0. The van der Waals surface area contributed by atoms with Gasteiger partial charge < -0.3 is 11.1 Å². The molecule has 0 radical (unpaired) electrons. The molecule has 0 bridgehead atoms. The normalized spacial score (nSPS) is 9.57. The van der Waals surface area contributed by atoms with Crippen LogP contribution in [0, 0.1) is 22.0 Å². The van der Waals surface area contributed by atoms with Crippen LogP contribution in [0.15, 0.2) is 36.4 Å². The summed E-state index contributed by atoms with van der Waals surface area (Å²) < 4.78 is 0. The van der Waals surface area contributed by atoms with Gasteiger partial charge in [-0.2, -0.15) is 0 Å². The van der Waals surface area contributed by atoms with E-state index in [1.54, 1.807) is 18.2 Å². The molecule has 0 aliphatic heterocycles. The summed E-state index contributed by atoms with van der Waals surface area (Å²) in [5, 5.41) is 13.3. The van der Waals surface area contributed by atoms with Crippen molar-refractivity contribution < 1.29 is 9.72 Å². The number of carbonyl (C=O) groups is 1. The molecule has 0 saturated carbocycles. The first-order valence-corrected chi connectivity index (χ1v) is 6.76. The van der Waals surface area contributed by atoms with E-state index in [0.717, 1.165) is 4.88 Å². The first-order valence-electron chi connectivity index (χ1n) is 5.94. The highest BCUT2D eigenvalue weighted by molar-refractivity contribution is 7.14. The van der Waals surface area contributed by atoms with Gasteiger partial charge in [-0.1, -0.05) is 17.9 Å². The summed E-state index contributed by atoms with van der Waals surface area (Å²) in [4.78, 5) is 23.4. The lowest BCUT2D eigenvalue weighted by Gasteiger charge is -2.02.